The van der Waals surface area contributed by atoms with Crippen LogP contribution in [0.3, 0.4) is 0 Å². The Hall–Kier alpha value is -2.45. The third kappa shape index (κ3) is 4.20. The van der Waals surface area contributed by atoms with Gasteiger partial charge in [0.05, 0.1) is 4.92 Å². The Morgan fingerprint density at radius 3 is 2.46 bits per heavy atom. The van der Waals surface area contributed by atoms with Crippen molar-refractivity contribution in [3.05, 3.63) is 81.3 Å². The van der Waals surface area contributed by atoms with Crippen molar-refractivity contribution >= 4 is 33.4 Å². The van der Waals surface area contributed by atoms with Crippen molar-refractivity contribution < 1.29 is 4.92 Å². The molecule has 8 heteroatoms. The first-order valence-electron chi connectivity index (χ1n) is 7.74. The largest absolute Gasteiger partial charge is 0.298 e. The Bertz CT molecular complexity index is 923. The van der Waals surface area contributed by atoms with Crippen LogP contribution >= 0.6 is 27.7 Å². The molecule has 0 amide bonds. The lowest BCUT2D eigenvalue weighted by Crippen LogP contribution is -2.01. The van der Waals surface area contributed by atoms with E-state index in [0.29, 0.717) is 12.4 Å². The van der Waals surface area contributed by atoms with E-state index in [1.165, 1.54) is 17.7 Å². The van der Waals surface area contributed by atoms with Gasteiger partial charge in [-0.2, -0.15) is 0 Å². The van der Waals surface area contributed by atoms with Gasteiger partial charge in [-0.05, 0) is 29.8 Å². The Morgan fingerprint density at radius 1 is 1.15 bits per heavy atom. The molecule has 0 unspecified atom stereocenters. The summed E-state index contributed by atoms with van der Waals surface area (Å²) in [6.07, 6.45) is 1.78. The third-order valence-electron chi connectivity index (χ3n) is 3.65. The van der Waals surface area contributed by atoms with Gasteiger partial charge in [-0.25, -0.2) is 0 Å². The number of hydrogen-bond donors (Lipinski definition) is 0. The lowest BCUT2D eigenvalue weighted by molar-refractivity contribution is -0.384. The molecule has 1 heterocycles. The number of halogens is 1. The summed E-state index contributed by atoms with van der Waals surface area (Å²) in [6.45, 7) is 4.35. The molecule has 2 aromatic carbocycles. The molecule has 6 nitrogen and oxygen atoms in total. The van der Waals surface area contributed by atoms with Gasteiger partial charge in [-0.1, -0.05) is 45.9 Å². The maximum absolute atomic E-state index is 10.8. The first-order chi connectivity index (χ1) is 12.6. The predicted octanol–water partition coefficient (Wildman–Crippen LogP) is 5.09. The summed E-state index contributed by atoms with van der Waals surface area (Å²) in [7, 11) is 0. The highest BCUT2D eigenvalue weighted by molar-refractivity contribution is 9.10. The van der Waals surface area contributed by atoms with Crippen LogP contribution in [0.5, 0.6) is 0 Å². The number of nitro groups is 1. The van der Waals surface area contributed by atoms with Gasteiger partial charge >= 0.3 is 0 Å². The average Bonchev–Trinajstić information content (AvgIpc) is 3.04. The molecule has 3 rings (SSSR count). The van der Waals surface area contributed by atoms with Gasteiger partial charge in [-0.3, -0.25) is 14.7 Å². The number of nitro benzene ring substituents is 1. The van der Waals surface area contributed by atoms with Crippen LogP contribution in [-0.4, -0.2) is 19.7 Å². The van der Waals surface area contributed by atoms with Crippen molar-refractivity contribution in [2.24, 2.45) is 0 Å². The van der Waals surface area contributed by atoms with Gasteiger partial charge in [0.1, 0.15) is 0 Å². The van der Waals surface area contributed by atoms with Gasteiger partial charge in [0, 0.05) is 34.5 Å². The topological polar surface area (TPSA) is 73.8 Å². The second kappa shape index (κ2) is 8.29. The molecule has 0 spiro atoms. The normalized spacial score (nSPS) is 10.7. The molecule has 0 bridgehead atoms. The molecule has 1 aromatic heterocycles. The van der Waals surface area contributed by atoms with Crippen molar-refractivity contribution in [1.29, 1.82) is 0 Å². The molecule has 0 radical (unpaired) electrons. The van der Waals surface area contributed by atoms with Gasteiger partial charge in [0.2, 0.25) is 0 Å². The van der Waals surface area contributed by atoms with Crippen molar-refractivity contribution in [1.82, 2.24) is 14.8 Å². The molecular formula is C18H15BrN4O2S. The van der Waals surface area contributed by atoms with Crippen LogP contribution in [0.1, 0.15) is 5.56 Å². The first-order valence-corrected chi connectivity index (χ1v) is 9.52. The summed E-state index contributed by atoms with van der Waals surface area (Å²) in [5.74, 6) is 1.43. The molecule has 0 saturated carbocycles. The minimum absolute atomic E-state index is 0.0494. The summed E-state index contributed by atoms with van der Waals surface area (Å²) in [5, 5.41) is 20.2. The zero-order chi connectivity index (χ0) is 18.5. The number of benzene rings is 2. The molecule has 0 atom stereocenters. The second-order valence-electron chi connectivity index (χ2n) is 5.42. The lowest BCUT2D eigenvalue weighted by atomic mass is 10.2. The number of hydrogen-bond acceptors (Lipinski definition) is 5. The molecule has 0 aliphatic heterocycles. The van der Waals surface area contributed by atoms with Crippen LogP contribution in [0.2, 0.25) is 0 Å². The highest BCUT2D eigenvalue weighted by atomic mass is 79.9. The lowest BCUT2D eigenvalue weighted by Gasteiger charge is -2.08. The Kier molecular flexibility index (Phi) is 5.85. The molecule has 0 aliphatic rings. The highest BCUT2D eigenvalue weighted by Crippen LogP contribution is 2.28. The number of allylic oxidation sites excluding steroid dienone is 1. The Labute approximate surface area is 163 Å². The predicted molar refractivity (Wildman–Crippen MR) is 106 cm³/mol. The smallest absolute Gasteiger partial charge is 0.269 e. The standard InChI is InChI=1S/C18H15BrN4O2S/c1-2-11-22-17(14-5-9-16(10-6-14)23(24)25)20-21-18(22)26-12-13-3-7-15(19)8-4-13/h2-10H,1,11-12H2. The maximum Gasteiger partial charge on any atom is 0.269 e. The maximum atomic E-state index is 10.8. The van der Waals surface area contributed by atoms with Crippen LogP contribution in [-0.2, 0) is 12.3 Å². The molecule has 3 aromatic rings. The molecule has 26 heavy (non-hydrogen) atoms. The zero-order valence-electron chi connectivity index (χ0n) is 13.7. The first kappa shape index (κ1) is 18.3. The van der Waals surface area contributed by atoms with E-state index < -0.39 is 4.92 Å². The van der Waals surface area contributed by atoms with E-state index in [0.717, 1.165) is 20.9 Å². The van der Waals surface area contributed by atoms with Crippen LogP contribution in [0.15, 0.2) is 70.8 Å². The van der Waals surface area contributed by atoms with Crippen LogP contribution in [0.25, 0.3) is 11.4 Å². The number of aromatic nitrogens is 3. The van der Waals surface area contributed by atoms with E-state index in [-0.39, 0.29) is 5.69 Å². The number of nitrogens with zero attached hydrogens (tertiary/aromatic N) is 4. The summed E-state index contributed by atoms with van der Waals surface area (Å²) in [5.41, 5.74) is 2.01. The van der Waals surface area contributed by atoms with Crippen LogP contribution in [0.4, 0.5) is 5.69 Å². The van der Waals surface area contributed by atoms with Crippen molar-refractivity contribution in [3.63, 3.8) is 0 Å². The fourth-order valence-electron chi connectivity index (χ4n) is 2.36. The second-order valence-corrected chi connectivity index (χ2v) is 7.28. The molecular weight excluding hydrogens is 416 g/mol. The summed E-state index contributed by atoms with van der Waals surface area (Å²) < 4.78 is 3.00. The van der Waals surface area contributed by atoms with Gasteiger partial charge in [0.25, 0.3) is 5.69 Å². The SMILES string of the molecule is C=CCn1c(SCc2ccc(Br)cc2)nnc1-c1ccc([N+](=O)[O-])cc1. The molecule has 0 fully saturated rings. The summed E-state index contributed by atoms with van der Waals surface area (Å²) >= 11 is 5.02. The van der Waals surface area contributed by atoms with E-state index in [9.17, 15) is 10.1 Å². The number of rotatable bonds is 7. The monoisotopic (exact) mass is 430 g/mol. The summed E-state index contributed by atoms with van der Waals surface area (Å²) in [6, 6.07) is 14.4. The minimum atomic E-state index is -0.419. The third-order valence-corrected chi connectivity index (χ3v) is 5.21. The average molecular weight is 431 g/mol. The van der Waals surface area contributed by atoms with Crippen molar-refractivity contribution in [2.75, 3.05) is 0 Å². The zero-order valence-corrected chi connectivity index (χ0v) is 16.1. The number of thioether (sulfide) groups is 1. The van der Waals surface area contributed by atoms with E-state index >= 15 is 0 Å². The fourth-order valence-corrected chi connectivity index (χ4v) is 3.53. The van der Waals surface area contributed by atoms with Crippen LogP contribution < -0.4 is 0 Å². The Balaban J connectivity index is 1.84. The van der Waals surface area contributed by atoms with E-state index in [2.05, 4.69) is 44.8 Å². The van der Waals surface area contributed by atoms with Gasteiger partial charge < -0.3 is 0 Å². The number of non-ortho nitro benzene ring substituents is 1. The highest BCUT2D eigenvalue weighted by Gasteiger charge is 2.15. The fraction of sp³-hybridized carbons (Fsp3) is 0.111. The molecule has 0 aliphatic carbocycles. The van der Waals surface area contributed by atoms with Crippen LogP contribution in [0, 0.1) is 10.1 Å². The Morgan fingerprint density at radius 2 is 1.85 bits per heavy atom. The van der Waals surface area contributed by atoms with Gasteiger partial charge in [-0.15, -0.1) is 16.8 Å². The van der Waals surface area contributed by atoms with E-state index in [1.807, 2.05) is 16.7 Å². The van der Waals surface area contributed by atoms with Gasteiger partial charge in [0.15, 0.2) is 11.0 Å². The van der Waals surface area contributed by atoms with Crippen molar-refractivity contribution in [3.8, 4) is 11.4 Å². The quantitative estimate of drug-likeness (QED) is 0.225. The van der Waals surface area contributed by atoms with Crippen molar-refractivity contribution in [2.45, 2.75) is 17.5 Å². The van der Waals surface area contributed by atoms with E-state index in [4.69, 9.17) is 0 Å². The molecule has 0 N–H and O–H groups in total. The van der Waals surface area contributed by atoms with E-state index in [1.54, 1.807) is 30.0 Å². The molecule has 132 valence electrons. The summed E-state index contributed by atoms with van der Waals surface area (Å²) in [4.78, 5) is 10.4. The molecule has 0 saturated heterocycles. The minimum Gasteiger partial charge on any atom is -0.298 e.